The van der Waals surface area contributed by atoms with Crippen LogP contribution in [-0.4, -0.2) is 144 Å². The molecule has 0 spiro atoms. The molecule has 0 bridgehead atoms. The number of hydrogen-bond donors (Lipinski definition) is 1. The highest BCUT2D eigenvalue weighted by Crippen LogP contribution is 2.16. The van der Waals surface area contributed by atoms with Crippen LogP contribution in [0.15, 0.2) is 24.3 Å². The predicted octanol–water partition coefficient (Wildman–Crippen LogP) is 3.93. The highest BCUT2D eigenvalue weighted by Gasteiger charge is 2.17. The van der Waals surface area contributed by atoms with Gasteiger partial charge in [-0.3, -0.25) is 9.59 Å². The maximum absolute atomic E-state index is 12.0. The molecule has 1 aromatic carbocycles. The molecule has 0 aromatic heterocycles. The van der Waals surface area contributed by atoms with Crippen LogP contribution in [0.5, 0.6) is 5.75 Å². The van der Waals surface area contributed by atoms with Crippen molar-refractivity contribution in [3.8, 4) is 5.75 Å². The minimum atomic E-state index is -0.123. The Bertz CT molecular complexity index is 906. The lowest BCUT2D eigenvalue weighted by molar-refractivity contribution is -0.150. The third-order valence-corrected chi connectivity index (χ3v) is 6.85. The second-order valence-corrected chi connectivity index (χ2v) is 11.0. The summed E-state index contributed by atoms with van der Waals surface area (Å²) in [4.78, 5) is 23.1. The fourth-order valence-corrected chi connectivity index (χ4v) is 4.18. The van der Waals surface area contributed by atoms with Crippen molar-refractivity contribution in [3.05, 3.63) is 24.3 Å². The van der Waals surface area contributed by atoms with E-state index >= 15 is 0 Å². The average molecular weight is 718 g/mol. The Kier molecular flexibility index (Phi) is 32.0. The van der Waals surface area contributed by atoms with Gasteiger partial charge >= 0.3 is 5.97 Å². The number of unbranched alkanes of at least 4 members (excludes halogenated alkanes) is 1. The molecule has 0 aliphatic rings. The van der Waals surface area contributed by atoms with Crippen molar-refractivity contribution < 1.29 is 61.7 Å². The molecule has 0 fully saturated rings. The van der Waals surface area contributed by atoms with Crippen LogP contribution >= 0.6 is 0 Å². The number of amides is 1. The van der Waals surface area contributed by atoms with Crippen LogP contribution in [-0.2, 0) is 57.0 Å². The normalized spacial score (nSPS) is 11.8. The summed E-state index contributed by atoms with van der Waals surface area (Å²) >= 11 is 0. The topological polar surface area (TPSA) is 148 Å². The van der Waals surface area contributed by atoms with Gasteiger partial charge in [-0.05, 0) is 37.1 Å². The van der Waals surface area contributed by atoms with E-state index in [1.807, 2.05) is 6.92 Å². The smallest absolute Gasteiger partial charge is 0.308 e. The van der Waals surface area contributed by atoms with Crippen LogP contribution < -0.4 is 10.1 Å². The van der Waals surface area contributed by atoms with Gasteiger partial charge in [0.05, 0.1) is 125 Å². The Hall–Kier alpha value is -2.40. The fourth-order valence-electron chi connectivity index (χ4n) is 4.18. The van der Waals surface area contributed by atoms with Gasteiger partial charge in [0.25, 0.3) is 0 Å². The Morgan fingerprint density at radius 3 is 1.24 bits per heavy atom. The van der Waals surface area contributed by atoms with Gasteiger partial charge in [-0.25, -0.2) is 0 Å². The molecule has 1 amide bonds. The van der Waals surface area contributed by atoms with Crippen LogP contribution in [0.1, 0.15) is 46.5 Å². The molecule has 1 N–H and O–H groups in total. The Labute approximate surface area is 299 Å². The highest BCUT2D eigenvalue weighted by molar-refractivity contribution is 5.88. The standard InChI is InChI=1S/C36H63NO13/c1-4-6-7-33(5-2)36(39)50-31-29-48-27-25-46-23-21-44-19-17-42-15-13-40-12-14-41-16-18-43-20-22-45-24-26-47-28-30-49-35-10-8-34(9-11-35)37-32(3)38/h8-11,33H,4-7,12-31H2,1-3H3,(H,37,38). The van der Waals surface area contributed by atoms with Gasteiger partial charge in [0.2, 0.25) is 5.91 Å². The van der Waals surface area contributed by atoms with Gasteiger partial charge in [-0.15, -0.1) is 0 Å². The number of carbonyl (C=O) groups is 2. The maximum Gasteiger partial charge on any atom is 0.308 e. The zero-order chi connectivity index (χ0) is 36.2. The van der Waals surface area contributed by atoms with Crippen LogP contribution in [0.3, 0.4) is 0 Å². The molecular formula is C36H63NO13. The number of benzene rings is 1. The molecule has 14 heteroatoms. The summed E-state index contributed by atoms with van der Waals surface area (Å²) < 4.78 is 60.2. The second kappa shape index (κ2) is 35.0. The van der Waals surface area contributed by atoms with Crippen molar-refractivity contribution in [1.82, 2.24) is 0 Å². The molecule has 0 radical (unpaired) electrons. The molecule has 0 saturated heterocycles. The zero-order valence-corrected chi connectivity index (χ0v) is 30.7. The molecule has 14 nitrogen and oxygen atoms in total. The van der Waals surface area contributed by atoms with E-state index in [0.29, 0.717) is 131 Å². The van der Waals surface area contributed by atoms with Crippen molar-refractivity contribution >= 4 is 17.6 Å². The van der Waals surface area contributed by atoms with E-state index in [-0.39, 0.29) is 24.4 Å². The van der Waals surface area contributed by atoms with Crippen molar-refractivity contribution in [1.29, 1.82) is 0 Å². The molecule has 0 saturated carbocycles. The molecule has 1 unspecified atom stereocenters. The number of ether oxygens (including phenoxy) is 11. The number of hydrogen-bond acceptors (Lipinski definition) is 13. The third-order valence-electron chi connectivity index (χ3n) is 6.85. The fraction of sp³-hybridized carbons (Fsp3) is 0.778. The van der Waals surface area contributed by atoms with E-state index in [2.05, 4.69) is 12.2 Å². The van der Waals surface area contributed by atoms with Crippen LogP contribution in [0.25, 0.3) is 0 Å². The SMILES string of the molecule is CCCCC(CC)C(=O)OCCOCCOCCOCCOCCOCCOCCOCCOCCOCCOc1ccc(NC(C)=O)cc1. The number of nitrogens with one attached hydrogen (secondary N) is 1. The minimum absolute atomic E-state index is 0.00735. The largest absolute Gasteiger partial charge is 0.491 e. The molecule has 290 valence electrons. The summed E-state index contributed by atoms with van der Waals surface area (Å²) in [5.74, 6) is 0.473. The van der Waals surface area contributed by atoms with E-state index in [1.54, 1.807) is 24.3 Å². The number of rotatable bonds is 37. The molecule has 0 aliphatic heterocycles. The Morgan fingerprint density at radius 1 is 0.540 bits per heavy atom. The summed E-state index contributed by atoms with van der Waals surface area (Å²) in [7, 11) is 0. The summed E-state index contributed by atoms with van der Waals surface area (Å²) in [5.41, 5.74) is 0.729. The number of esters is 1. The lowest BCUT2D eigenvalue weighted by Crippen LogP contribution is -2.20. The quantitative estimate of drug-likeness (QED) is 0.0784. The first-order chi connectivity index (χ1) is 24.6. The maximum atomic E-state index is 12.0. The average Bonchev–Trinajstić information content (AvgIpc) is 3.11. The monoisotopic (exact) mass is 717 g/mol. The van der Waals surface area contributed by atoms with E-state index in [4.69, 9.17) is 52.1 Å². The molecule has 0 heterocycles. The van der Waals surface area contributed by atoms with E-state index in [9.17, 15) is 9.59 Å². The van der Waals surface area contributed by atoms with Gasteiger partial charge < -0.3 is 57.4 Å². The first-order valence-corrected chi connectivity index (χ1v) is 17.9. The van der Waals surface area contributed by atoms with Gasteiger partial charge in [0.1, 0.15) is 19.0 Å². The third kappa shape index (κ3) is 29.3. The van der Waals surface area contributed by atoms with Crippen molar-refractivity contribution in [3.63, 3.8) is 0 Å². The summed E-state index contributed by atoms with van der Waals surface area (Å²) in [5, 5.41) is 2.71. The number of carbonyl (C=O) groups excluding carboxylic acids is 2. The van der Waals surface area contributed by atoms with E-state index in [1.165, 1.54) is 6.92 Å². The van der Waals surface area contributed by atoms with Crippen LogP contribution in [0, 0.1) is 5.92 Å². The molecule has 0 aliphatic carbocycles. The first kappa shape index (κ1) is 45.6. The predicted molar refractivity (Wildman–Crippen MR) is 188 cm³/mol. The van der Waals surface area contributed by atoms with Crippen molar-refractivity contribution in [2.75, 3.05) is 137 Å². The van der Waals surface area contributed by atoms with Crippen LogP contribution in [0.2, 0.25) is 0 Å². The minimum Gasteiger partial charge on any atom is -0.491 e. The molecular weight excluding hydrogens is 654 g/mol. The number of anilines is 1. The summed E-state index contributed by atoms with van der Waals surface area (Å²) in [6.45, 7) is 14.8. The van der Waals surface area contributed by atoms with Crippen LogP contribution in [0.4, 0.5) is 5.69 Å². The molecule has 50 heavy (non-hydrogen) atoms. The van der Waals surface area contributed by atoms with Gasteiger partial charge in [0, 0.05) is 12.6 Å². The second-order valence-electron chi connectivity index (χ2n) is 11.0. The van der Waals surface area contributed by atoms with Gasteiger partial charge in [-0.2, -0.15) is 0 Å². The zero-order valence-electron chi connectivity index (χ0n) is 30.7. The summed E-state index contributed by atoms with van der Waals surface area (Å²) in [6, 6.07) is 7.17. The Balaban J connectivity index is 1.69. The Morgan fingerprint density at radius 2 is 0.900 bits per heavy atom. The van der Waals surface area contributed by atoms with Gasteiger partial charge in [0.15, 0.2) is 0 Å². The van der Waals surface area contributed by atoms with Gasteiger partial charge in [-0.1, -0.05) is 26.7 Å². The highest BCUT2D eigenvalue weighted by atomic mass is 16.6. The summed E-state index contributed by atoms with van der Waals surface area (Å²) in [6.07, 6.45) is 3.82. The van der Waals surface area contributed by atoms with Crippen molar-refractivity contribution in [2.24, 2.45) is 5.92 Å². The lowest BCUT2D eigenvalue weighted by atomic mass is 10.00. The molecule has 1 atom stereocenters. The first-order valence-electron chi connectivity index (χ1n) is 17.9. The van der Waals surface area contributed by atoms with Crippen molar-refractivity contribution in [2.45, 2.75) is 46.5 Å². The van der Waals surface area contributed by atoms with E-state index < -0.39 is 0 Å². The molecule has 1 rings (SSSR count). The molecule has 1 aromatic rings. The lowest BCUT2D eigenvalue weighted by Gasteiger charge is -2.13. The van der Waals surface area contributed by atoms with E-state index in [0.717, 1.165) is 31.4 Å².